The molecule has 1 N–H and O–H groups in total. The normalized spacial score (nSPS) is 9.50. The van der Waals surface area contributed by atoms with Gasteiger partial charge in [0, 0.05) is 6.07 Å². The molecule has 0 aliphatic rings. The average molecular weight is 198 g/mol. The van der Waals surface area contributed by atoms with Crippen molar-refractivity contribution in [3.63, 3.8) is 0 Å². The maximum atomic E-state index is 11.0. The molecule has 0 bridgehead atoms. The molecule has 0 atom stereocenters. The second-order valence-electron chi connectivity index (χ2n) is 2.31. The first-order valence-corrected chi connectivity index (χ1v) is 3.48. The fraction of sp³-hybridized carbons (Fsp3) is 0.143. The third-order valence-corrected chi connectivity index (χ3v) is 1.47. The Kier molecular flexibility index (Phi) is 2.61. The van der Waals surface area contributed by atoms with Crippen molar-refractivity contribution in [3.05, 3.63) is 27.9 Å². The van der Waals surface area contributed by atoms with Gasteiger partial charge in [0.1, 0.15) is 11.8 Å². The molecule has 14 heavy (non-hydrogen) atoms. The predicted molar refractivity (Wildman–Crippen MR) is 43.9 cm³/mol. The van der Waals surface area contributed by atoms with Gasteiger partial charge < -0.3 is 9.84 Å². The molecule has 0 fully saturated rings. The SMILES string of the molecule is COC(=O)c1cc(O)ncc1[N+](=O)[O-]. The number of nitrogens with zero attached hydrogens (tertiary/aromatic N) is 2. The van der Waals surface area contributed by atoms with Crippen LogP contribution in [0.25, 0.3) is 0 Å². The van der Waals surface area contributed by atoms with Crippen molar-refractivity contribution in [2.75, 3.05) is 7.11 Å². The lowest BCUT2D eigenvalue weighted by atomic mass is 10.2. The molecular formula is C7H6N2O5. The number of carbonyl (C=O) groups excluding carboxylic acids is 1. The van der Waals surface area contributed by atoms with Crippen LogP contribution in [0, 0.1) is 10.1 Å². The minimum absolute atomic E-state index is 0.329. The summed E-state index contributed by atoms with van der Waals surface area (Å²) in [7, 11) is 1.09. The van der Waals surface area contributed by atoms with Gasteiger partial charge in [-0.05, 0) is 0 Å². The second-order valence-corrected chi connectivity index (χ2v) is 2.31. The van der Waals surface area contributed by atoms with Gasteiger partial charge in [0.2, 0.25) is 5.88 Å². The van der Waals surface area contributed by atoms with Crippen LogP contribution in [0.3, 0.4) is 0 Å². The molecule has 7 nitrogen and oxygen atoms in total. The fourth-order valence-corrected chi connectivity index (χ4v) is 0.856. The molecule has 0 unspecified atom stereocenters. The number of rotatable bonds is 2. The molecule has 1 aromatic heterocycles. The number of ether oxygens (including phenoxy) is 1. The average Bonchev–Trinajstić information content (AvgIpc) is 2.16. The third kappa shape index (κ3) is 1.76. The largest absolute Gasteiger partial charge is 0.493 e. The Hall–Kier alpha value is -2.18. The molecule has 7 heteroatoms. The summed E-state index contributed by atoms with van der Waals surface area (Å²) in [6.07, 6.45) is 0.793. The van der Waals surface area contributed by atoms with Crippen molar-refractivity contribution < 1.29 is 19.6 Å². The number of hydrogen-bond acceptors (Lipinski definition) is 6. The van der Waals surface area contributed by atoms with Gasteiger partial charge in [0.15, 0.2) is 0 Å². The summed E-state index contributed by atoms with van der Waals surface area (Å²) in [4.78, 5) is 24.0. The summed E-state index contributed by atoms with van der Waals surface area (Å²) in [6.45, 7) is 0. The molecule has 74 valence electrons. The summed E-state index contributed by atoms with van der Waals surface area (Å²) < 4.78 is 4.30. The van der Waals surface area contributed by atoms with Crippen LogP contribution < -0.4 is 0 Å². The van der Waals surface area contributed by atoms with Gasteiger partial charge in [-0.2, -0.15) is 0 Å². The van der Waals surface area contributed by atoms with Crippen molar-refractivity contribution in [1.29, 1.82) is 0 Å². The van der Waals surface area contributed by atoms with E-state index < -0.39 is 22.5 Å². The van der Waals surface area contributed by atoms with Crippen LogP contribution in [0.2, 0.25) is 0 Å². The highest BCUT2D eigenvalue weighted by molar-refractivity contribution is 5.93. The zero-order valence-corrected chi connectivity index (χ0v) is 7.13. The van der Waals surface area contributed by atoms with Crippen molar-refractivity contribution in [3.8, 4) is 5.88 Å². The van der Waals surface area contributed by atoms with Crippen LogP contribution in [0.4, 0.5) is 5.69 Å². The molecule has 0 aliphatic heterocycles. The Morgan fingerprint density at radius 1 is 1.71 bits per heavy atom. The number of esters is 1. The van der Waals surface area contributed by atoms with Crippen LogP contribution in [0.5, 0.6) is 5.88 Å². The molecule has 0 saturated heterocycles. The molecule has 0 amide bonds. The predicted octanol–water partition coefficient (Wildman–Crippen LogP) is 0.482. The first kappa shape index (κ1) is 9.90. The molecule has 0 radical (unpaired) electrons. The lowest BCUT2D eigenvalue weighted by Crippen LogP contribution is -2.05. The number of methoxy groups -OCH3 is 1. The second kappa shape index (κ2) is 3.69. The number of pyridine rings is 1. The third-order valence-electron chi connectivity index (χ3n) is 1.47. The van der Waals surface area contributed by atoms with Gasteiger partial charge in [-0.25, -0.2) is 9.78 Å². The minimum atomic E-state index is -0.894. The van der Waals surface area contributed by atoms with E-state index in [1.807, 2.05) is 0 Å². The monoisotopic (exact) mass is 198 g/mol. The Balaban J connectivity index is 3.29. The number of aromatic hydroxyl groups is 1. The van der Waals surface area contributed by atoms with Crippen LogP contribution in [0.1, 0.15) is 10.4 Å². The Labute approximate surface area is 78.1 Å². The van der Waals surface area contributed by atoms with E-state index in [1.165, 1.54) is 0 Å². The van der Waals surface area contributed by atoms with Gasteiger partial charge in [0.05, 0.1) is 12.0 Å². The van der Waals surface area contributed by atoms with E-state index in [9.17, 15) is 14.9 Å². The molecule has 1 aromatic rings. The number of carbonyl (C=O) groups is 1. The van der Waals surface area contributed by atoms with Crippen molar-refractivity contribution in [2.24, 2.45) is 0 Å². The molecule has 0 saturated carbocycles. The van der Waals surface area contributed by atoms with Gasteiger partial charge in [-0.1, -0.05) is 0 Å². The molecule has 1 heterocycles. The van der Waals surface area contributed by atoms with Gasteiger partial charge in [0.25, 0.3) is 0 Å². The van der Waals surface area contributed by atoms with Crippen LogP contribution in [-0.4, -0.2) is 28.1 Å². The Morgan fingerprint density at radius 3 is 2.86 bits per heavy atom. The van der Waals surface area contributed by atoms with E-state index >= 15 is 0 Å². The summed E-state index contributed by atoms with van der Waals surface area (Å²) in [5, 5.41) is 19.4. The zero-order chi connectivity index (χ0) is 10.7. The van der Waals surface area contributed by atoms with E-state index in [0.29, 0.717) is 0 Å². The standard InChI is InChI=1S/C7H6N2O5/c1-14-7(11)4-2-6(10)8-3-5(4)9(12)13/h2-3H,1H3,(H,8,10). The number of hydrogen-bond donors (Lipinski definition) is 1. The molecular weight excluding hydrogens is 192 g/mol. The van der Waals surface area contributed by atoms with Crippen LogP contribution in [0.15, 0.2) is 12.3 Å². The zero-order valence-electron chi connectivity index (χ0n) is 7.13. The molecule has 0 spiro atoms. The smallest absolute Gasteiger partial charge is 0.345 e. The van der Waals surface area contributed by atoms with Crippen molar-refractivity contribution >= 4 is 11.7 Å². The van der Waals surface area contributed by atoms with E-state index in [-0.39, 0.29) is 5.56 Å². The molecule has 0 aliphatic carbocycles. The Bertz CT molecular complexity index is 390. The quantitative estimate of drug-likeness (QED) is 0.421. The van der Waals surface area contributed by atoms with E-state index in [0.717, 1.165) is 19.4 Å². The first-order chi connectivity index (χ1) is 6.56. The molecule has 0 aromatic carbocycles. The van der Waals surface area contributed by atoms with E-state index in [2.05, 4.69) is 9.72 Å². The van der Waals surface area contributed by atoms with Crippen LogP contribution in [-0.2, 0) is 4.74 Å². The maximum Gasteiger partial charge on any atom is 0.345 e. The van der Waals surface area contributed by atoms with Crippen molar-refractivity contribution in [1.82, 2.24) is 4.98 Å². The molecule has 1 rings (SSSR count). The van der Waals surface area contributed by atoms with Gasteiger partial charge in [-0.3, -0.25) is 10.1 Å². The van der Waals surface area contributed by atoms with Crippen LogP contribution >= 0.6 is 0 Å². The highest BCUT2D eigenvalue weighted by atomic mass is 16.6. The fourth-order valence-electron chi connectivity index (χ4n) is 0.856. The highest BCUT2D eigenvalue weighted by Gasteiger charge is 2.21. The van der Waals surface area contributed by atoms with Gasteiger partial charge >= 0.3 is 11.7 Å². The summed E-state index contributed by atoms with van der Waals surface area (Å²) in [5.41, 5.74) is -0.834. The van der Waals surface area contributed by atoms with Gasteiger partial charge in [-0.15, -0.1) is 0 Å². The number of nitro groups is 1. The minimum Gasteiger partial charge on any atom is -0.493 e. The van der Waals surface area contributed by atoms with E-state index in [1.54, 1.807) is 0 Å². The topological polar surface area (TPSA) is 103 Å². The lowest BCUT2D eigenvalue weighted by molar-refractivity contribution is -0.385. The number of aromatic nitrogens is 1. The highest BCUT2D eigenvalue weighted by Crippen LogP contribution is 2.21. The first-order valence-electron chi connectivity index (χ1n) is 3.48. The lowest BCUT2D eigenvalue weighted by Gasteiger charge is -2.00. The summed E-state index contributed by atoms with van der Waals surface area (Å²) in [6, 6.07) is 0.879. The van der Waals surface area contributed by atoms with Crippen molar-refractivity contribution in [2.45, 2.75) is 0 Å². The maximum absolute atomic E-state index is 11.0. The van der Waals surface area contributed by atoms with E-state index in [4.69, 9.17) is 5.11 Å². The Morgan fingerprint density at radius 2 is 2.36 bits per heavy atom. The summed E-state index contributed by atoms with van der Waals surface area (Å²) >= 11 is 0. The summed E-state index contributed by atoms with van der Waals surface area (Å²) in [5.74, 6) is -1.37.